The van der Waals surface area contributed by atoms with Gasteiger partial charge in [-0.25, -0.2) is 4.98 Å². The number of pyridine rings is 1. The standard InChI is InChI=1S/C9H9BrN2O2/c1-9(2)8(13)12-7-6(14-9)5(10)3-4-11-7/h3-4H,1-2H3,(H,11,12,13). The summed E-state index contributed by atoms with van der Waals surface area (Å²) in [4.78, 5) is 15.5. The van der Waals surface area contributed by atoms with Crippen LogP contribution in [0.2, 0.25) is 0 Å². The van der Waals surface area contributed by atoms with Crippen molar-refractivity contribution in [2.75, 3.05) is 5.32 Å². The van der Waals surface area contributed by atoms with Crippen LogP contribution in [-0.2, 0) is 4.79 Å². The number of rotatable bonds is 0. The van der Waals surface area contributed by atoms with Gasteiger partial charge in [-0.1, -0.05) is 0 Å². The number of amides is 1. The van der Waals surface area contributed by atoms with Crippen molar-refractivity contribution in [2.45, 2.75) is 19.4 Å². The van der Waals surface area contributed by atoms with E-state index >= 15 is 0 Å². The van der Waals surface area contributed by atoms with E-state index in [-0.39, 0.29) is 5.91 Å². The zero-order chi connectivity index (χ0) is 10.3. The highest BCUT2D eigenvalue weighted by Crippen LogP contribution is 2.37. The highest BCUT2D eigenvalue weighted by molar-refractivity contribution is 9.10. The molecule has 0 atom stereocenters. The maximum Gasteiger partial charge on any atom is 0.269 e. The summed E-state index contributed by atoms with van der Waals surface area (Å²) >= 11 is 3.34. The monoisotopic (exact) mass is 256 g/mol. The average Bonchev–Trinajstić information content (AvgIpc) is 2.09. The van der Waals surface area contributed by atoms with Crippen LogP contribution in [-0.4, -0.2) is 16.5 Å². The first-order valence-corrected chi connectivity index (χ1v) is 4.95. The highest BCUT2D eigenvalue weighted by atomic mass is 79.9. The minimum Gasteiger partial charge on any atom is -0.473 e. The summed E-state index contributed by atoms with van der Waals surface area (Å²) in [7, 11) is 0. The van der Waals surface area contributed by atoms with Gasteiger partial charge in [0.15, 0.2) is 17.2 Å². The molecule has 0 unspecified atom stereocenters. The van der Waals surface area contributed by atoms with Crippen molar-refractivity contribution in [1.29, 1.82) is 0 Å². The molecule has 1 N–H and O–H groups in total. The number of ether oxygens (including phenoxy) is 1. The number of carbonyl (C=O) groups excluding carboxylic acids is 1. The fourth-order valence-corrected chi connectivity index (χ4v) is 1.56. The van der Waals surface area contributed by atoms with E-state index in [4.69, 9.17) is 4.74 Å². The average molecular weight is 257 g/mol. The Kier molecular flexibility index (Phi) is 1.99. The summed E-state index contributed by atoms with van der Waals surface area (Å²) < 4.78 is 6.33. The summed E-state index contributed by atoms with van der Waals surface area (Å²) in [6.07, 6.45) is 1.60. The van der Waals surface area contributed by atoms with Crippen molar-refractivity contribution in [2.24, 2.45) is 0 Å². The SMILES string of the molecule is CC1(C)Oc2c(Br)ccnc2NC1=O. The van der Waals surface area contributed by atoms with Gasteiger partial charge in [-0.05, 0) is 35.8 Å². The maximum atomic E-state index is 11.5. The summed E-state index contributed by atoms with van der Waals surface area (Å²) in [5, 5.41) is 2.69. The third kappa shape index (κ3) is 1.37. The van der Waals surface area contributed by atoms with Crippen molar-refractivity contribution in [3.8, 4) is 5.75 Å². The van der Waals surface area contributed by atoms with Crippen molar-refractivity contribution in [1.82, 2.24) is 4.98 Å². The Labute approximate surface area is 89.8 Å². The van der Waals surface area contributed by atoms with Gasteiger partial charge in [0, 0.05) is 6.20 Å². The molecule has 2 rings (SSSR count). The van der Waals surface area contributed by atoms with E-state index in [2.05, 4.69) is 26.2 Å². The fraction of sp³-hybridized carbons (Fsp3) is 0.333. The van der Waals surface area contributed by atoms with E-state index in [1.807, 2.05) is 0 Å². The maximum absolute atomic E-state index is 11.5. The van der Waals surface area contributed by atoms with Gasteiger partial charge >= 0.3 is 0 Å². The molecule has 1 aliphatic heterocycles. The zero-order valence-corrected chi connectivity index (χ0v) is 9.38. The van der Waals surface area contributed by atoms with Gasteiger partial charge in [-0.3, -0.25) is 4.79 Å². The number of aromatic nitrogens is 1. The van der Waals surface area contributed by atoms with Crippen LogP contribution in [0.15, 0.2) is 16.7 Å². The number of nitrogens with zero attached hydrogens (tertiary/aromatic N) is 1. The predicted molar refractivity (Wildman–Crippen MR) is 55.3 cm³/mol. The molecule has 74 valence electrons. The van der Waals surface area contributed by atoms with Gasteiger partial charge in [0.2, 0.25) is 0 Å². The van der Waals surface area contributed by atoms with Crippen LogP contribution in [0.5, 0.6) is 5.75 Å². The molecule has 0 radical (unpaired) electrons. The number of anilines is 1. The topological polar surface area (TPSA) is 51.2 Å². The molecule has 0 fully saturated rings. The molecule has 1 aliphatic rings. The molecule has 14 heavy (non-hydrogen) atoms. The number of halogens is 1. The first-order chi connectivity index (χ1) is 6.50. The summed E-state index contributed by atoms with van der Waals surface area (Å²) in [6.45, 7) is 3.43. The molecule has 0 aliphatic carbocycles. The van der Waals surface area contributed by atoms with E-state index in [0.717, 1.165) is 4.47 Å². The van der Waals surface area contributed by atoms with E-state index < -0.39 is 5.60 Å². The number of hydrogen-bond acceptors (Lipinski definition) is 3. The molecule has 1 amide bonds. The van der Waals surface area contributed by atoms with E-state index in [0.29, 0.717) is 11.6 Å². The lowest BCUT2D eigenvalue weighted by atomic mass is 10.1. The summed E-state index contributed by atoms with van der Waals surface area (Å²) in [6, 6.07) is 1.77. The highest BCUT2D eigenvalue weighted by Gasteiger charge is 2.36. The Hall–Kier alpha value is -1.10. The van der Waals surface area contributed by atoms with Gasteiger partial charge in [0.1, 0.15) is 0 Å². The third-order valence-corrected chi connectivity index (χ3v) is 2.62. The minimum atomic E-state index is -0.849. The van der Waals surface area contributed by atoms with Crippen molar-refractivity contribution in [3.63, 3.8) is 0 Å². The fourth-order valence-electron chi connectivity index (χ4n) is 1.17. The van der Waals surface area contributed by atoms with E-state index in [1.165, 1.54) is 0 Å². The van der Waals surface area contributed by atoms with Crippen LogP contribution in [0.1, 0.15) is 13.8 Å². The number of fused-ring (bicyclic) bond motifs is 1. The minimum absolute atomic E-state index is 0.185. The lowest BCUT2D eigenvalue weighted by Gasteiger charge is -2.31. The lowest BCUT2D eigenvalue weighted by molar-refractivity contribution is -0.129. The van der Waals surface area contributed by atoms with Gasteiger partial charge in [0.05, 0.1) is 4.47 Å². The van der Waals surface area contributed by atoms with Crippen LogP contribution in [0.3, 0.4) is 0 Å². The second-order valence-electron chi connectivity index (χ2n) is 3.54. The number of nitrogens with one attached hydrogen (secondary N) is 1. The lowest BCUT2D eigenvalue weighted by Crippen LogP contribution is -2.46. The second kappa shape index (κ2) is 2.95. The molecule has 0 bridgehead atoms. The largest absolute Gasteiger partial charge is 0.473 e. The zero-order valence-electron chi connectivity index (χ0n) is 7.80. The molecule has 0 aromatic carbocycles. The molecule has 0 saturated heterocycles. The van der Waals surface area contributed by atoms with E-state index in [1.54, 1.807) is 26.1 Å². The van der Waals surface area contributed by atoms with Gasteiger partial charge in [0.25, 0.3) is 5.91 Å². The van der Waals surface area contributed by atoms with Crippen LogP contribution in [0.4, 0.5) is 5.82 Å². The number of carbonyl (C=O) groups is 1. The van der Waals surface area contributed by atoms with Gasteiger partial charge in [-0.2, -0.15) is 0 Å². The van der Waals surface area contributed by atoms with Crippen LogP contribution in [0.25, 0.3) is 0 Å². The first-order valence-electron chi connectivity index (χ1n) is 4.16. The normalized spacial score (nSPS) is 18.1. The smallest absolute Gasteiger partial charge is 0.269 e. The number of hydrogen-bond donors (Lipinski definition) is 1. The molecular weight excluding hydrogens is 248 g/mol. The van der Waals surface area contributed by atoms with Crippen molar-refractivity contribution >= 4 is 27.7 Å². The van der Waals surface area contributed by atoms with Gasteiger partial charge < -0.3 is 10.1 Å². The Morgan fingerprint density at radius 1 is 1.57 bits per heavy atom. The first kappa shape index (κ1) is 9.45. The van der Waals surface area contributed by atoms with Crippen molar-refractivity contribution < 1.29 is 9.53 Å². The Morgan fingerprint density at radius 2 is 2.29 bits per heavy atom. The molecule has 1 aromatic heterocycles. The van der Waals surface area contributed by atoms with E-state index in [9.17, 15) is 4.79 Å². The summed E-state index contributed by atoms with van der Waals surface area (Å²) in [5.41, 5.74) is -0.849. The molecule has 4 nitrogen and oxygen atoms in total. The van der Waals surface area contributed by atoms with Crippen LogP contribution < -0.4 is 10.1 Å². The molecule has 2 heterocycles. The van der Waals surface area contributed by atoms with Crippen LogP contribution >= 0.6 is 15.9 Å². The Bertz CT molecular complexity index is 404. The molecule has 0 saturated carbocycles. The predicted octanol–water partition coefficient (Wildman–Crippen LogP) is 1.95. The van der Waals surface area contributed by atoms with Crippen molar-refractivity contribution in [3.05, 3.63) is 16.7 Å². The Morgan fingerprint density at radius 3 is 3.00 bits per heavy atom. The molecular formula is C9H9BrN2O2. The second-order valence-corrected chi connectivity index (χ2v) is 4.39. The summed E-state index contributed by atoms with van der Waals surface area (Å²) in [5.74, 6) is 0.858. The van der Waals surface area contributed by atoms with Crippen LogP contribution in [0, 0.1) is 0 Å². The Balaban J connectivity index is 2.51. The molecule has 5 heteroatoms. The molecule has 0 spiro atoms. The molecule has 1 aromatic rings. The van der Waals surface area contributed by atoms with Gasteiger partial charge in [-0.15, -0.1) is 0 Å². The third-order valence-electron chi connectivity index (χ3n) is 1.99. The quantitative estimate of drug-likeness (QED) is 0.772.